The van der Waals surface area contributed by atoms with Crippen molar-refractivity contribution in [3.63, 3.8) is 0 Å². The van der Waals surface area contributed by atoms with Gasteiger partial charge in [0.2, 0.25) is 0 Å². The van der Waals surface area contributed by atoms with Gasteiger partial charge in [0.1, 0.15) is 0 Å². The summed E-state index contributed by atoms with van der Waals surface area (Å²) >= 11 is 0. The number of hydrogen-bond acceptors (Lipinski definition) is 3. The highest BCUT2D eigenvalue weighted by atomic mass is 14.9. The molecule has 0 unspecified atom stereocenters. The lowest BCUT2D eigenvalue weighted by Crippen LogP contribution is -1.96. The summed E-state index contributed by atoms with van der Waals surface area (Å²) < 4.78 is 0. The zero-order valence-corrected chi connectivity index (χ0v) is 25.1. The van der Waals surface area contributed by atoms with E-state index < -0.39 is 0 Å². The van der Waals surface area contributed by atoms with E-state index in [0.29, 0.717) is 5.82 Å². The van der Waals surface area contributed by atoms with Crippen LogP contribution < -0.4 is 0 Å². The van der Waals surface area contributed by atoms with E-state index in [1.54, 1.807) is 6.20 Å². The normalized spacial score (nSPS) is 11.0. The molecular weight excluding hydrogens is 558 g/mol. The first-order valence-corrected chi connectivity index (χ1v) is 15.4. The van der Waals surface area contributed by atoms with Gasteiger partial charge in [-0.15, -0.1) is 0 Å². The molecule has 0 spiro atoms. The zero-order chi connectivity index (χ0) is 30.7. The monoisotopic (exact) mass is 587 g/mol. The summed E-state index contributed by atoms with van der Waals surface area (Å²) in [5.74, 6) is 0.689. The SMILES string of the molecule is c1ccc(-c2ccc(-c3cc(-c4cccc(-c5cccnc5)c4)nc(-c4cccc(-c5ccc6ccccc6c5)c4)n3)cc2)cc1. The molecule has 216 valence electrons. The first-order chi connectivity index (χ1) is 22.8. The van der Waals surface area contributed by atoms with Gasteiger partial charge >= 0.3 is 0 Å². The molecule has 0 aliphatic rings. The van der Waals surface area contributed by atoms with Crippen LogP contribution in [0.2, 0.25) is 0 Å². The average molecular weight is 588 g/mol. The van der Waals surface area contributed by atoms with E-state index in [0.717, 1.165) is 50.3 Å². The molecule has 0 aliphatic heterocycles. The molecule has 46 heavy (non-hydrogen) atoms. The van der Waals surface area contributed by atoms with Crippen LogP contribution in [0.5, 0.6) is 0 Å². The number of fused-ring (bicyclic) bond motifs is 1. The molecule has 2 heterocycles. The van der Waals surface area contributed by atoms with Crippen molar-refractivity contribution in [2.24, 2.45) is 0 Å². The molecule has 3 nitrogen and oxygen atoms in total. The highest BCUT2D eigenvalue weighted by Gasteiger charge is 2.13. The summed E-state index contributed by atoms with van der Waals surface area (Å²) in [6, 6.07) is 57.3. The molecule has 8 aromatic rings. The van der Waals surface area contributed by atoms with Gasteiger partial charge in [-0.3, -0.25) is 4.98 Å². The Morgan fingerprint density at radius 1 is 0.304 bits per heavy atom. The second-order valence-electron chi connectivity index (χ2n) is 11.4. The fraction of sp³-hybridized carbons (Fsp3) is 0. The van der Waals surface area contributed by atoms with Crippen LogP contribution >= 0.6 is 0 Å². The van der Waals surface area contributed by atoms with Gasteiger partial charge in [-0.05, 0) is 68.9 Å². The van der Waals surface area contributed by atoms with Gasteiger partial charge in [0.15, 0.2) is 5.82 Å². The average Bonchev–Trinajstić information content (AvgIpc) is 3.15. The van der Waals surface area contributed by atoms with E-state index in [4.69, 9.17) is 9.97 Å². The molecule has 0 aliphatic carbocycles. The molecule has 3 heteroatoms. The predicted molar refractivity (Wildman–Crippen MR) is 190 cm³/mol. The van der Waals surface area contributed by atoms with Crippen molar-refractivity contribution in [2.75, 3.05) is 0 Å². The topological polar surface area (TPSA) is 38.7 Å². The van der Waals surface area contributed by atoms with Crippen molar-refractivity contribution in [2.45, 2.75) is 0 Å². The summed E-state index contributed by atoms with van der Waals surface area (Å²) in [4.78, 5) is 14.6. The number of pyridine rings is 1. The highest BCUT2D eigenvalue weighted by Crippen LogP contribution is 2.33. The number of aromatic nitrogens is 3. The fourth-order valence-electron chi connectivity index (χ4n) is 5.93. The highest BCUT2D eigenvalue weighted by molar-refractivity contribution is 5.88. The van der Waals surface area contributed by atoms with E-state index >= 15 is 0 Å². The van der Waals surface area contributed by atoms with Crippen molar-refractivity contribution in [3.8, 4) is 67.3 Å². The van der Waals surface area contributed by atoms with Crippen LogP contribution in [0.1, 0.15) is 0 Å². The van der Waals surface area contributed by atoms with Crippen molar-refractivity contribution in [1.82, 2.24) is 15.0 Å². The molecule has 0 saturated heterocycles. The Labute approximate surface area is 268 Å². The molecule has 8 rings (SSSR count). The van der Waals surface area contributed by atoms with Crippen molar-refractivity contribution in [1.29, 1.82) is 0 Å². The third-order valence-electron chi connectivity index (χ3n) is 8.37. The Hall–Kier alpha value is -6.19. The summed E-state index contributed by atoms with van der Waals surface area (Å²) in [6.07, 6.45) is 3.69. The minimum atomic E-state index is 0.689. The minimum absolute atomic E-state index is 0.689. The van der Waals surface area contributed by atoms with Crippen LogP contribution in [-0.4, -0.2) is 15.0 Å². The fourth-order valence-corrected chi connectivity index (χ4v) is 5.93. The molecule has 0 N–H and O–H groups in total. The van der Waals surface area contributed by atoms with Crippen LogP contribution in [0, 0.1) is 0 Å². The molecule has 0 bridgehead atoms. The maximum atomic E-state index is 5.16. The third-order valence-corrected chi connectivity index (χ3v) is 8.37. The van der Waals surface area contributed by atoms with Crippen LogP contribution in [-0.2, 0) is 0 Å². The van der Waals surface area contributed by atoms with Crippen molar-refractivity contribution >= 4 is 10.8 Å². The Bertz CT molecular complexity index is 2290. The van der Waals surface area contributed by atoms with Gasteiger partial charge in [0.25, 0.3) is 0 Å². The van der Waals surface area contributed by atoms with Crippen LogP contribution in [0.4, 0.5) is 0 Å². The first kappa shape index (κ1) is 27.4. The Kier molecular flexibility index (Phi) is 7.18. The molecule has 0 amide bonds. The Balaban J connectivity index is 1.24. The van der Waals surface area contributed by atoms with E-state index in [1.165, 1.54) is 21.9 Å². The molecule has 6 aromatic carbocycles. The summed E-state index contributed by atoms with van der Waals surface area (Å²) in [6.45, 7) is 0. The van der Waals surface area contributed by atoms with Gasteiger partial charge in [-0.25, -0.2) is 9.97 Å². The zero-order valence-electron chi connectivity index (χ0n) is 25.1. The van der Waals surface area contributed by atoms with Crippen molar-refractivity contribution in [3.05, 3.63) is 176 Å². The number of rotatable bonds is 6. The van der Waals surface area contributed by atoms with Crippen LogP contribution in [0.3, 0.4) is 0 Å². The van der Waals surface area contributed by atoms with E-state index in [-0.39, 0.29) is 0 Å². The standard InChI is InChI=1S/C43H29N3/c1-2-9-30(10-3-1)32-18-21-33(22-19-32)41-28-42(38-15-6-14-36(26-38)40-17-8-24-44-29-40)46-43(45-41)39-16-7-13-35(27-39)37-23-20-31-11-4-5-12-34(31)25-37/h1-29H. The molecule has 0 radical (unpaired) electrons. The van der Waals surface area contributed by atoms with Crippen LogP contribution in [0.15, 0.2) is 176 Å². The lowest BCUT2D eigenvalue weighted by Gasteiger charge is -2.12. The number of hydrogen-bond donors (Lipinski definition) is 0. The Morgan fingerprint density at radius 2 is 0.848 bits per heavy atom. The molecule has 2 aromatic heterocycles. The number of benzene rings is 6. The van der Waals surface area contributed by atoms with Gasteiger partial charge in [-0.1, -0.05) is 133 Å². The molecule has 0 saturated carbocycles. The lowest BCUT2D eigenvalue weighted by atomic mass is 9.98. The predicted octanol–water partition coefficient (Wildman–Crippen LogP) is 11.0. The van der Waals surface area contributed by atoms with Gasteiger partial charge in [-0.2, -0.15) is 0 Å². The lowest BCUT2D eigenvalue weighted by molar-refractivity contribution is 1.18. The van der Waals surface area contributed by atoms with Crippen molar-refractivity contribution < 1.29 is 0 Å². The maximum absolute atomic E-state index is 5.16. The molecular formula is C43H29N3. The molecule has 0 fully saturated rings. The minimum Gasteiger partial charge on any atom is -0.264 e. The van der Waals surface area contributed by atoms with Gasteiger partial charge < -0.3 is 0 Å². The van der Waals surface area contributed by atoms with E-state index in [1.807, 2.05) is 18.3 Å². The second-order valence-corrected chi connectivity index (χ2v) is 11.4. The summed E-state index contributed by atoms with van der Waals surface area (Å²) in [5.41, 5.74) is 11.6. The maximum Gasteiger partial charge on any atom is 0.160 e. The summed E-state index contributed by atoms with van der Waals surface area (Å²) in [7, 11) is 0. The quantitative estimate of drug-likeness (QED) is 0.194. The third kappa shape index (κ3) is 5.58. The summed E-state index contributed by atoms with van der Waals surface area (Å²) in [5, 5.41) is 2.45. The second kappa shape index (κ2) is 12.1. The van der Waals surface area contributed by atoms with Crippen LogP contribution in [0.25, 0.3) is 78.1 Å². The first-order valence-electron chi connectivity index (χ1n) is 15.4. The van der Waals surface area contributed by atoms with Gasteiger partial charge in [0, 0.05) is 34.6 Å². The van der Waals surface area contributed by atoms with E-state index in [9.17, 15) is 0 Å². The van der Waals surface area contributed by atoms with Gasteiger partial charge in [0.05, 0.1) is 11.4 Å². The molecule has 0 atom stereocenters. The largest absolute Gasteiger partial charge is 0.264 e. The van der Waals surface area contributed by atoms with E-state index in [2.05, 4.69) is 157 Å². The Morgan fingerprint density at radius 3 is 1.63 bits per heavy atom. The smallest absolute Gasteiger partial charge is 0.160 e. The number of nitrogens with zero attached hydrogens (tertiary/aromatic N) is 3.